The fourth-order valence-corrected chi connectivity index (χ4v) is 7.10. The molecule has 59 heavy (non-hydrogen) atoms. The third-order valence-electron chi connectivity index (χ3n) is 11.1. The molecule has 344 valence electrons. The Morgan fingerprint density at radius 3 is 1.56 bits per heavy atom. The Labute approximate surface area is 358 Å². The van der Waals surface area contributed by atoms with E-state index in [1.165, 1.54) is 77.0 Å². The molecule has 0 aromatic rings. The van der Waals surface area contributed by atoms with Gasteiger partial charge in [0, 0.05) is 0 Å². The Morgan fingerprint density at radius 2 is 1.03 bits per heavy atom. The number of carbonyl (C=O) groups is 1. The fraction of sp³-hybridized carbons (Fsp3) is 0.812. The lowest BCUT2D eigenvalue weighted by molar-refractivity contribution is -0.303. The zero-order valence-corrected chi connectivity index (χ0v) is 37.0. The van der Waals surface area contributed by atoms with Crippen LogP contribution in [-0.2, 0) is 14.3 Å². The molecule has 1 heterocycles. The fourth-order valence-electron chi connectivity index (χ4n) is 7.10. The summed E-state index contributed by atoms with van der Waals surface area (Å²) in [5, 5.41) is 75.4. The zero-order chi connectivity index (χ0) is 43.4. The molecule has 1 amide bonds. The zero-order valence-electron chi connectivity index (χ0n) is 37.0. The smallest absolute Gasteiger partial charge is 0.249 e. The molecule has 0 aromatic heterocycles. The van der Waals surface area contributed by atoms with E-state index in [0.29, 0.717) is 19.3 Å². The van der Waals surface area contributed by atoms with Crippen LogP contribution >= 0.6 is 0 Å². The number of amides is 1. The van der Waals surface area contributed by atoms with Gasteiger partial charge in [-0.25, -0.2) is 0 Å². The van der Waals surface area contributed by atoms with Gasteiger partial charge in [-0.3, -0.25) is 4.79 Å². The molecule has 1 rings (SSSR count). The first-order valence-electron chi connectivity index (χ1n) is 23.5. The molecule has 1 saturated heterocycles. The Kier molecular flexibility index (Phi) is 35.3. The van der Waals surface area contributed by atoms with Crippen LogP contribution in [-0.4, -0.2) is 110 Å². The van der Waals surface area contributed by atoms with Crippen LogP contribution in [0.15, 0.2) is 48.6 Å². The van der Waals surface area contributed by atoms with Gasteiger partial charge in [0.2, 0.25) is 5.91 Å². The summed E-state index contributed by atoms with van der Waals surface area (Å²) in [6.45, 7) is 3.33. The molecule has 0 radical (unpaired) electrons. The number of rotatable bonds is 38. The van der Waals surface area contributed by atoms with Gasteiger partial charge in [-0.2, -0.15) is 0 Å². The lowest BCUT2D eigenvalue weighted by Gasteiger charge is -2.40. The first-order valence-corrected chi connectivity index (χ1v) is 23.5. The average molecular weight is 838 g/mol. The summed E-state index contributed by atoms with van der Waals surface area (Å²) in [4.78, 5) is 13.0. The van der Waals surface area contributed by atoms with Crippen molar-refractivity contribution in [2.75, 3.05) is 13.2 Å². The number of aliphatic hydroxyl groups excluding tert-OH is 7. The molecule has 0 saturated carbocycles. The normalized spacial score (nSPS) is 22.2. The first kappa shape index (κ1) is 55.1. The minimum atomic E-state index is -1.67. The molecule has 9 unspecified atom stereocenters. The second kappa shape index (κ2) is 37.8. The van der Waals surface area contributed by atoms with E-state index in [-0.39, 0.29) is 12.8 Å². The lowest BCUT2D eigenvalue weighted by atomic mass is 9.98. The van der Waals surface area contributed by atoms with Crippen molar-refractivity contribution >= 4 is 5.91 Å². The molecule has 0 aromatic carbocycles. The third-order valence-corrected chi connectivity index (χ3v) is 11.1. The molecule has 1 aliphatic rings. The van der Waals surface area contributed by atoms with Crippen molar-refractivity contribution in [1.82, 2.24) is 5.32 Å². The highest BCUT2D eigenvalue weighted by atomic mass is 16.7. The van der Waals surface area contributed by atoms with Gasteiger partial charge in [-0.05, 0) is 83.5 Å². The van der Waals surface area contributed by atoms with Crippen molar-refractivity contribution in [2.24, 2.45) is 0 Å². The average Bonchev–Trinajstić information content (AvgIpc) is 3.23. The topological polar surface area (TPSA) is 189 Å². The van der Waals surface area contributed by atoms with Gasteiger partial charge in [0.1, 0.15) is 36.6 Å². The molecule has 11 heteroatoms. The predicted molar refractivity (Wildman–Crippen MR) is 238 cm³/mol. The summed E-state index contributed by atoms with van der Waals surface area (Å²) in [5.41, 5.74) is 0. The molecule has 0 aliphatic carbocycles. The van der Waals surface area contributed by atoms with Crippen molar-refractivity contribution in [3.05, 3.63) is 48.6 Å². The summed E-state index contributed by atoms with van der Waals surface area (Å²) in [6, 6.07) is -1.20. The number of nitrogens with one attached hydrogen (secondary N) is 1. The van der Waals surface area contributed by atoms with Crippen LogP contribution in [0.2, 0.25) is 0 Å². The lowest BCUT2D eigenvalue weighted by Crippen LogP contribution is -2.60. The minimum Gasteiger partial charge on any atom is -0.394 e. The van der Waals surface area contributed by atoms with Crippen molar-refractivity contribution in [3.63, 3.8) is 0 Å². The monoisotopic (exact) mass is 838 g/mol. The quantitative estimate of drug-likeness (QED) is 0.0225. The molecule has 1 fully saturated rings. The number of aliphatic hydroxyl groups is 7. The number of ether oxygens (including phenoxy) is 2. The van der Waals surface area contributed by atoms with Crippen molar-refractivity contribution in [3.8, 4) is 0 Å². The maximum Gasteiger partial charge on any atom is 0.249 e. The number of hydrogen-bond acceptors (Lipinski definition) is 10. The van der Waals surface area contributed by atoms with Gasteiger partial charge in [-0.15, -0.1) is 0 Å². The highest BCUT2D eigenvalue weighted by molar-refractivity contribution is 5.80. The second-order valence-electron chi connectivity index (χ2n) is 16.4. The van der Waals surface area contributed by atoms with Crippen LogP contribution in [0.4, 0.5) is 0 Å². The number of unbranched alkanes of at least 4 members (excludes halogenated alkanes) is 18. The van der Waals surface area contributed by atoms with Crippen molar-refractivity contribution in [2.45, 2.75) is 236 Å². The first-order chi connectivity index (χ1) is 28.7. The Morgan fingerprint density at radius 1 is 0.576 bits per heavy atom. The van der Waals surface area contributed by atoms with E-state index < -0.39 is 74.2 Å². The van der Waals surface area contributed by atoms with Gasteiger partial charge in [0.25, 0.3) is 0 Å². The van der Waals surface area contributed by atoms with E-state index in [4.69, 9.17) is 9.47 Å². The Balaban J connectivity index is 2.43. The summed E-state index contributed by atoms with van der Waals surface area (Å²) in [7, 11) is 0. The van der Waals surface area contributed by atoms with Gasteiger partial charge < -0.3 is 50.5 Å². The van der Waals surface area contributed by atoms with Crippen LogP contribution in [0.3, 0.4) is 0 Å². The Hall–Kier alpha value is -1.93. The van der Waals surface area contributed by atoms with E-state index in [2.05, 4.69) is 67.8 Å². The van der Waals surface area contributed by atoms with E-state index >= 15 is 0 Å². The van der Waals surface area contributed by atoms with E-state index in [1.807, 2.05) is 0 Å². The summed E-state index contributed by atoms with van der Waals surface area (Å²) >= 11 is 0. The highest BCUT2D eigenvalue weighted by Crippen LogP contribution is 2.23. The highest BCUT2D eigenvalue weighted by Gasteiger charge is 2.44. The number of carbonyl (C=O) groups excluding carboxylic acids is 1. The van der Waals surface area contributed by atoms with E-state index in [1.54, 1.807) is 0 Å². The summed E-state index contributed by atoms with van der Waals surface area (Å²) in [5.74, 6) is -0.730. The van der Waals surface area contributed by atoms with Crippen LogP contribution in [0.1, 0.15) is 181 Å². The molecule has 11 nitrogen and oxygen atoms in total. The van der Waals surface area contributed by atoms with Gasteiger partial charge in [0.05, 0.1) is 25.4 Å². The van der Waals surface area contributed by atoms with Crippen molar-refractivity contribution in [1.29, 1.82) is 0 Å². The molecule has 0 spiro atoms. The van der Waals surface area contributed by atoms with Crippen LogP contribution in [0.5, 0.6) is 0 Å². The number of allylic oxidation sites excluding steroid dienone is 8. The van der Waals surface area contributed by atoms with E-state index in [0.717, 1.165) is 57.8 Å². The summed E-state index contributed by atoms with van der Waals surface area (Å²) in [6.07, 6.45) is 33.3. The molecule has 0 bridgehead atoms. The van der Waals surface area contributed by atoms with Crippen molar-refractivity contribution < 1.29 is 50.0 Å². The van der Waals surface area contributed by atoms with Gasteiger partial charge in [0.15, 0.2) is 6.29 Å². The maximum absolute atomic E-state index is 13.0. The SMILES string of the molecule is CCCC/C=C\CCCCCC(O)C(=O)NC(COC1OC(CO)C(O)C(O)C1O)C(O)C(O)CCC/C=C/CC/C=C/CC/C=C/CCCCCCCCCCCC. The molecule has 9 atom stereocenters. The van der Waals surface area contributed by atoms with E-state index in [9.17, 15) is 40.5 Å². The molecule has 8 N–H and O–H groups in total. The van der Waals surface area contributed by atoms with Crippen LogP contribution in [0.25, 0.3) is 0 Å². The molecular formula is C48H87NO10. The maximum atomic E-state index is 13.0. The Bertz CT molecular complexity index is 1100. The minimum absolute atomic E-state index is 0.225. The molecular weight excluding hydrogens is 751 g/mol. The van der Waals surface area contributed by atoms with Gasteiger partial charge >= 0.3 is 0 Å². The molecule has 1 aliphatic heterocycles. The number of hydrogen-bond donors (Lipinski definition) is 8. The standard InChI is InChI=1S/C48H87NO10/c1-3-5-7-9-11-13-14-15-16-17-18-19-20-21-22-23-24-25-26-28-29-31-33-35-40(51)43(53)39(38-58-48-46(56)45(55)44(54)42(37-50)59-48)49-47(57)41(52)36-34-32-30-27-12-10-8-6-4-2/h10,12,19-20,23-24,28-29,39-46,48,50-56H,3-9,11,13-18,21-22,25-27,30-38H2,1-2H3,(H,49,57)/b12-10-,20-19+,24-23+,29-28+. The third kappa shape index (κ3) is 27.6. The van der Waals surface area contributed by atoms with Crippen LogP contribution in [0, 0.1) is 0 Å². The van der Waals surface area contributed by atoms with Crippen LogP contribution < -0.4 is 5.32 Å². The van der Waals surface area contributed by atoms with Gasteiger partial charge in [-0.1, -0.05) is 146 Å². The largest absolute Gasteiger partial charge is 0.394 e. The summed E-state index contributed by atoms with van der Waals surface area (Å²) < 4.78 is 11.0. The predicted octanol–water partition coefficient (Wildman–Crippen LogP) is 7.78. The second-order valence-corrected chi connectivity index (χ2v) is 16.4.